The molecule has 0 spiro atoms. The van der Waals surface area contributed by atoms with Crippen LogP contribution in [0.4, 0.5) is 0 Å². The van der Waals surface area contributed by atoms with Gasteiger partial charge in [-0.2, -0.15) is 0 Å². The van der Waals surface area contributed by atoms with Gasteiger partial charge in [-0.25, -0.2) is 0 Å². The minimum Gasteiger partial charge on any atom is -0.487 e. The van der Waals surface area contributed by atoms with Gasteiger partial charge in [0.2, 0.25) is 0 Å². The van der Waals surface area contributed by atoms with E-state index in [2.05, 4.69) is 43.3 Å². The highest BCUT2D eigenvalue weighted by molar-refractivity contribution is 7.10. The van der Waals surface area contributed by atoms with Crippen molar-refractivity contribution in [3.05, 3.63) is 50.8 Å². The summed E-state index contributed by atoms with van der Waals surface area (Å²) in [7, 11) is 0. The predicted octanol–water partition coefficient (Wildman–Crippen LogP) is 5.89. The second kappa shape index (κ2) is 5.74. The highest BCUT2D eigenvalue weighted by Crippen LogP contribution is 2.32. The lowest BCUT2D eigenvalue weighted by Crippen LogP contribution is -1.94. The number of ether oxygens (including phenoxy) is 1. The summed E-state index contributed by atoms with van der Waals surface area (Å²) in [6.07, 6.45) is 0. The van der Waals surface area contributed by atoms with Crippen LogP contribution in [0.2, 0.25) is 5.02 Å². The molecule has 1 aromatic carbocycles. The number of halogens is 1. The Bertz CT molecular complexity index is 772. The monoisotopic (exact) mass is 319 g/mol. The summed E-state index contributed by atoms with van der Waals surface area (Å²) in [6.45, 7) is 6.98. The molecule has 2 aromatic heterocycles. The smallest absolute Gasteiger partial charge is 0.140 e. The molecule has 0 bridgehead atoms. The van der Waals surface area contributed by atoms with Crippen molar-refractivity contribution >= 4 is 33.8 Å². The van der Waals surface area contributed by atoms with Crippen LogP contribution in [0.5, 0.6) is 5.75 Å². The van der Waals surface area contributed by atoms with Crippen LogP contribution in [-0.4, -0.2) is 4.98 Å². The number of aryl methyl sites for hydroxylation is 1. The second-order valence-corrected chi connectivity index (χ2v) is 7.13. The summed E-state index contributed by atoms with van der Waals surface area (Å²) >= 11 is 8.06. The van der Waals surface area contributed by atoms with Crippen molar-refractivity contribution in [1.82, 2.24) is 4.98 Å². The van der Waals surface area contributed by atoms with E-state index < -0.39 is 0 Å². The van der Waals surface area contributed by atoms with Gasteiger partial charge in [0, 0.05) is 33.1 Å². The minimum absolute atomic E-state index is 0.467. The van der Waals surface area contributed by atoms with E-state index in [1.54, 1.807) is 11.3 Å². The van der Waals surface area contributed by atoms with E-state index in [4.69, 9.17) is 16.3 Å². The third-order valence-corrected chi connectivity index (χ3v) is 4.70. The molecule has 1 N–H and O–H groups in total. The number of fused-ring (bicyclic) bond motifs is 1. The molecule has 4 heteroatoms. The number of nitrogens with one attached hydrogen (secondary N) is 1. The molecule has 0 aliphatic rings. The zero-order valence-electron chi connectivity index (χ0n) is 12.4. The van der Waals surface area contributed by atoms with Crippen molar-refractivity contribution in [2.24, 2.45) is 0 Å². The van der Waals surface area contributed by atoms with Gasteiger partial charge in [0.15, 0.2) is 0 Å². The molecule has 0 saturated heterocycles. The van der Waals surface area contributed by atoms with Gasteiger partial charge < -0.3 is 9.72 Å². The van der Waals surface area contributed by atoms with Crippen LogP contribution in [0.3, 0.4) is 0 Å². The average molecular weight is 320 g/mol. The maximum atomic E-state index is 6.33. The van der Waals surface area contributed by atoms with Crippen LogP contribution in [0.1, 0.15) is 35.9 Å². The highest BCUT2D eigenvalue weighted by atomic mass is 35.5. The van der Waals surface area contributed by atoms with Crippen molar-refractivity contribution < 1.29 is 4.74 Å². The lowest BCUT2D eigenvalue weighted by atomic mass is 10.1. The Hall–Kier alpha value is -1.45. The molecular formula is C17H18ClNOS. The number of thiophene rings is 1. The van der Waals surface area contributed by atoms with Crippen molar-refractivity contribution in [3.8, 4) is 5.75 Å². The standard InChI is InChI=1S/C17H18ClNOS/c1-10(2)15-6-13-5-14(18)17(7-16(13)19-15)20-8-12-4-11(3)21-9-12/h4-7,9-10,19H,8H2,1-3H3. The number of aromatic nitrogens is 1. The molecule has 2 heterocycles. The van der Waals surface area contributed by atoms with Crippen molar-refractivity contribution in [3.63, 3.8) is 0 Å². The number of hydrogen-bond acceptors (Lipinski definition) is 2. The molecule has 0 aliphatic heterocycles. The van der Waals surface area contributed by atoms with Gasteiger partial charge in [-0.1, -0.05) is 25.4 Å². The molecule has 2 nitrogen and oxygen atoms in total. The van der Waals surface area contributed by atoms with Gasteiger partial charge in [0.1, 0.15) is 12.4 Å². The Morgan fingerprint density at radius 2 is 2.05 bits per heavy atom. The van der Waals surface area contributed by atoms with E-state index in [1.807, 2.05) is 12.1 Å². The van der Waals surface area contributed by atoms with Crippen LogP contribution in [0.25, 0.3) is 10.9 Å². The number of rotatable bonds is 4. The van der Waals surface area contributed by atoms with Crippen molar-refractivity contribution in [2.75, 3.05) is 0 Å². The summed E-state index contributed by atoms with van der Waals surface area (Å²) in [5.41, 5.74) is 3.47. The van der Waals surface area contributed by atoms with Crippen LogP contribution in [-0.2, 0) is 6.61 Å². The number of H-pyrrole nitrogens is 1. The molecule has 3 rings (SSSR count). The van der Waals surface area contributed by atoms with Gasteiger partial charge >= 0.3 is 0 Å². The van der Waals surface area contributed by atoms with Gasteiger partial charge in [0.25, 0.3) is 0 Å². The molecule has 0 fully saturated rings. The summed E-state index contributed by atoms with van der Waals surface area (Å²) in [6, 6.07) is 8.25. The van der Waals surface area contributed by atoms with E-state index in [1.165, 1.54) is 16.1 Å². The quantitative estimate of drug-likeness (QED) is 0.637. The van der Waals surface area contributed by atoms with E-state index in [-0.39, 0.29) is 0 Å². The fourth-order valence-electron chi connectivity index (χ4n) is 2.31. The third kappa shape index (κ3) is 3.09. The molecule has 0 unspecified atom stereocenters. The molecule has 3 aromatic rings. The van der Waals surface area contributed by atoms with Crippen LogP contribution in [0.15, 0.2) is 29.6 Å². The van der Waals surface area contributed by atoms with E-state index in [0.717, 1.165) is 16.7 Å². The first-order chi connectivity index (χ1) is 10.0. The number of benzene rings is 1. The lowest BCUT2D eigenvalue weighted by molar-refractivity contribution is 0.307. The Morgan fingerprint density at radius 3 is 2.71 bits per heavy atom. The van der Waals surface area contributed by atoms with E-state index >= 15 is 0 Å². The SMILES string of the molecule is Cc1cc(COc2cc3[nH]c(C(C)C)cc3cc2Cl)cs1. The maximum absolute atomic E-state index is 6.33. The molecule has 0 atom stereocenters. The largest absolute Gasteiger partial charge is 0.487 e. The highest BCUT2D eigenvalue weighted by Gasteiger charge is 2.09. The number of hydrogen-bond donors (Lipinski definition) is 1. The van der Waals surface area contributed by atoms with Crippen molar-refractivity contribution in [2.45, 2.75) is 33.3 Å². The third-order valence-electron chi connectivity index (χ3n) is 3.50. The minimum atomic E-state index is 0.467. The van der Waals surface area contributed by atoms with E-state index in [0.29, 0.717) is 17.5 Å². The van der Waals surface area contributed by atoms with Gasteiger partial charge in [-0.05, 0) is 36.4 Å². The number of aromatic amines is 1. The Kier molecular flexibility index (Phi) is 3.96. The molecule has 0 saturated carbocycles. The first-order valence-corrected chi connectivity index (χ1v) is 8.27. The lowest BCUT2D eigenvalue weighted by Gasteiger charge is -2.07. The van der Waals surface area contributed by atoms with Gasteiger partial charge in [-0.15, -0.1) is 11.3 Å². The fraction of sp³-hybridized carbons (Fsp3) is 0.294. The van der Waals surface area contributed by atoms with Gasteiger partial charge in [-0.3, -0.25) is 0 Å². The second-order valence-electron chi connectivity index (χ2n) is 5.60. The predicted molar refractivity (Wildman–Crippen MR) is 90.8 cm³/mol. The van der Waals surface area contributed by atoms with E-state index in [9.17, 15) is 0 Å². The van der Waals surface area contributed by atoms with Gasteiger partial charge in [0.05, 0.1) is 5.02 Å². The zero-order valence-corrected chi connectivity index (χ0v) is 13.9. The topological polar surface area (TPSA) is 25.0 Å². The first kappa shape index (κ1) is 14.5. The summed E-state index contributed by atoms with van der Waals surface area (Å²) < 4.78 is 5.87. The Labute approximate surface area is 133 Å². The molecule has 21 heavy (non-hydrogen) atoms. The Morgan fingerprint density at radius 1 is 1.24 bits per heavy atom. The first-order valence-electron chi connectivity index (χ1n) is 7.02. The normalized spacial score (nSPS) is 11.5. The molecule has 0 aliphatic carbocycles. The maximum Gasteiger partial charge on any atom is 0.140 e. The summed E-state index contributed by atoms with van der Waals surface area (Å²) in [5, 5.41) is 3.90. The molecule has 0 radical (unpaired) electrons. The van der Waals surface area contributed by atoms with Crippen LogP contribution in [0, 0.1) is 6.92 Å². The van der Waals surface area contributed by atoms with Crippen LogP contribution >= 0.6 is 22.9 Å². The fourth-order valence-corrected chi connectivity index (χ4v) is 3.23. The Balaban J connectivity index is 1.86. The zero-order chi connectivity index (χ0) is 15.0. The van der Waals surface area contributed by atoms with Crippen molar-refractivity contribution in [1.29, 1.82) is 0 Å². The molecule has 110 valence electrons. The van der Waals surface area contributed by atoms with Crippen LogP contribution < -0.4 is 4.74 Å². The summed E-state index contributed by atoms with van der Waals surface area (Å²) in [4.78, 5) is 4.72. The molecule has 0 amide bonds. The average Bonchev–Trinajstić information content (AvgIpc) is 3.02. The summed E-state index contributed by atoms with van der Waals surface area (Å²) in [5.74, 6) is 1.19. The molecular weight excluding hydrogens is 302 g/mol.